The van der Waals surface area contributed by atoms with E-state index >= 15 is 0 Å². The summed E-state index contributed by atoms with van der Waals surface area (Å²) in [4.78, 5) is 30.2. The Kier molecular flexibility index (Phi) is 12.0. The van der Waals surface area contributed by atoms with Crippen LogP contribution in [0.5, 0.6) is 0 Å². The van der Waals surface area contributed by atoms with Gasteiger partial charge in [-0.25, -0.2) is 8.42 Å². The van der Waals surface area contributed by atoms with Crippen LogP contribution >= 0.6 is 0 Å². The molecule has 0 heterocycles. The summed E-state index contributed by atoms with van der Waals surface area (Å²) in [6, 6.07) is 30.3. The predicted molar refractivity (Wildman–Crippen MR) is 190 cm³/mol. The van der Waals surface area contributed by atoms with Gasteiger partial charge >= 0.3 is 0 Å². The molecule has 47 heavy (non-hydrogen) atoms. The van der Waals surface area contributed by atoms with Crippen molar-refractivity contribution < 1.29 is 18.0 Å². The molecule has 0 aliphatic carbocycles. The van der Waals surface area contributed by atoms with E-state index in [-0.39, 0.29) is 35.7 Å². The highest BCUT2D eigenvalue weighted by Crippen LogP contribution is 2.27. The molecule has 4 rings (SSSR count). The van der Waals surface area contributed by atoms with E-state index in [1.807, 2.05) is 94.4 Å². The Bertz CT molecular complexity index is 1720. The smallest absolute Gasteiger partial charge is 0.264 e. The van der Waals surface area contributed by atoms with Crippen LogP contribution < -0.4 is 9.62 Å². The first kappa shape index (κ1) is 35.4. The molecule has 0 saturated carbocycles. The number of rotatable bonds is 14. The number of nitrogens with one attached hydrogen (secondary N) is 1. The van der Waals surface area contributed by atoms with Crippen LogP contribution in [0.1, 0.15) is 67.9 Å². The predicted octanol–water partition coefficient (Wildman–Crippen LogP) is 7.18. The highest BCUT2D eigenvalue weighted by molar-refractivity contribution is 7.92. The van der Waals surface area contributed by atoms with Crippen LogP contribution in [-0.4, -0.2) is 43.8 Å². The molecule has 0 fully saturated rings. The lowest BCUT2D eigenvalue weighted by Crippen LogP contribution is -2.54. The van der Waals surface area contributed by atoms with Crippen molar-refractivity contribution in [2.45, 2.75) is 83.8 Å². The number of nitrogens with zero attached hydrogens (tertiary/aromatic N) is 2. The van der Waals surface area contributed by atoms with Crippen molar-refractivity contribution in [2.24, 2.45) is 0 Å². The molecule has 0 unspecified atom stereocenters. The summed E-state index contributed by atoms with van der Waals surface area (Å²) in [6.45, 7) is 11.6. The molecule has 4 aromatic rings. The van der Waals surface area contributed by atoms with Crippen molar-refractivity contribution in [3.63, 3.8) is 0 Å². The summed E-state index contributed by atoms with van der Waals surface area (Å²) in [5, 5.41) is 3.08. The molecule has 0 radical (unpaired) electrons. The zero-order chi connectivity index (χ0) is 34.1. The molecular weight excluding hydrogens is 607 g/mol. The van der Waals surface area contributed by atoms with Gasteiger partial charge in [0.2, 0.25) is 11.8 Å². The molecule has 0 aliphatic rings. The van der Waals surface area contributed by atoms with Crippen LogP contribution in [0.3, 0.4) is 0 Å². The number of amides is 2. The molecule has 0 saturated heterocycles. The zero-order valence-electron chi connectivity index (χ0n) is 28.3. The van der Waals surface area contributed by atoms with E-state index in [0.717, 1.165) is 34.2 Å². The first-order chi connectivity index (χ1) is 22.4. The molecule has 4 aromatic carbocycles. The van der Waals surface area contributed by atoms with Gasteiger partial charge in [0.1, 0.15) is 12.6 Å². The number of benzene rings is 4. The van der Waals surface area contributed by atoms with Gasteiger partial charge in [0.15, 0.2) is 0 Å². The maximum atomic E-state index is 14.6. The third kappa shape index (κ3) is 9.32. The van der Waals surface area contributed by atoms with Crippen LogP contribution in [0.25, 0.3) is 0 Å². The maximum Gasteiger partial charge on any atom is 0.264 e. The molecule has 248 valence electrons. The number of carbonyl (C=O) groups is 2. The largest absolute Gasteiger partial charge is 0.352 e. The van der Waals surface area contributed by atoms with Crippen LogP contribution in [0, 0.1) is 13.8 Å². The minimum absolute atomic E-state index is 0.0873. The Hall–Kier alpha value is -4.43. The molecule has 2 atom stereocenters. The summed E-state index contributed by atoms with van der Waals surface area (Å²) < 4.78 is 29.7. The monoisotopic (exact) mass is 653 g/mol. The van der Waals surface area contributed by atoms with Gasteiger partial charge in [0, 0.05) is 19.0 Å². The number of hydrogen-bond acceptors (Lipinski definition) is 4. The van der Waals surface area contributed by atoms with E-state index in [9.17, 15) is 18.0 Å². The molecule has 0 bridgehead atoms. The second-order valence-corrected chi connectivity index (χ2v) is 14.5. The zero-order valence-corrected chi connectivity index (χ0v) is 29.1. The fourth-order valence-corrected chi connectivity index (χ4v) is 6.69. The fourth-order valence-electron chi connectivity index (χ4n) is 5.28. The average Bonchev–Trinajstić information content (AvgIpc) is 3.06. The van der Waals surface area contributed by atoms with Gasteiger partial charge in [-0.2, -0.15) is 0 Å². The van der Waals surface area contributed by atoms with Crippen molar-refractivity contribution in [1.29, 1.82) is 0 Å². The van der Waals surface area contributed by atoms with E-state index < -0.39 is 28.5 Å². The number of anilines is 1. The van der Waals surface area contributed by atoms with E-state index in [4.69, 9.17) is 0 Å². The highest BCUT2D eigenvalue weighted by Gasteiger charge is 2.35. The summed E-state index contributed by atoms with van der Waals surface area (Å²) in [5.41, 5.74) is 5.16. The lowest BCUT2D eigenvalue weighted by Gasteiger charge is -2.34. The summed E-state index contributed by atoms with van der Waals surface area (Å²) in [5.74, 6) is -0.507. The molecule has 0 aromatic heterocycles. The Morgan fingerprint density at radius 1 is 0.745 bits per heavy atom. The Labute approximate surface area is 280 Å². The van der Waals surface area contributed by atoms with Gasteiger partial charge in [-0.15, -0.1) is 0 Å². The molecule has 0 aliphatic heterocycles. The van der Waals surface area contributed by atoms with Gasteiger partial charge in [-0.3, -0.25) is 13.9 Å². The van der Waals surface area contributed by atoms with Crippen LogP contribution in [0.4, 0.5) is 5.69 Å². The number of aryl methyl sites for hydroxylation is 2. The minimum atomic E-state index is -4.15. The van der Waals surface area contributed by atoms with E-state index in [0.29, 0.717) is 5.69 Å². The molecule has 8 heteroatoms. The normalized spacial score (nSPS) is 12.7. The molecular formula is C39H47N3O4S. The van der Waals surface area contributed by atoms with Crippen molar-refractivity contribution in [1.82, 2.24) is 10.2 Å². The topological polar surface area (TPSA) is 86.8 Å². The Balaban J connectivity index is 1.81. The minimum Gasteiger partial charge on any atom is -0.352 e. The quantitative estimate of drug-likeness (QED) is 0.156. The third-order valence-electron chi connectivity index (χ3n) is 8.48. The number of sulfonamides is 1. The SMILES string of the molecule is CC[C@H](C)NC(=O)[C@H](Cc1ccccc1)N(Cc1ccc(C)cc1)C(=O)CN(c1ccc(C(C)C)cc1)S(=O)(=O)c1ccc(C)cc1. The first-order valence-corrected chi connectivity index (χ1v) is 17.7. The maximum absolute atomic E-state index is 14.6. The van der Waals surface area contributed by atoms with Gasteiger partial charge in [-0.1, -0.05) is 111 Å². The van der Waals surface area contributed by atoms with E-state index in [2.05, 4.69) is 19.2 Å². The standard InChI is InChI=1S/C39H47N3O4S/c1-7-31(6)40-39(44)37(25-32-11-9-8-10-12-32)41(26-33-17-13-29(4)14-18-33)38(43)27-42(35-21-19-34(20-22-35)28(2)3)47(45,46)36-23-15-30(5)16-24-36/h8-24,28,31,37H,7,25-27H2,1-6H3,(H,40,44)/t31-,37-/m0/s1. The lowest BCUT2D eigenvalue weighted by atomic mass is 10.0. The van der Waals surface area contributed by atoms with Crippen molar-refractivity contribution in [3.05, 3.63) is 131 Å². The Morgan fingerprint density at radius 2 is 1.32 bits per heavy atom. The second kappa shape index (κ2) is 15.9. The van der Waals surface area contributed by atoms with Crippen LogP contribution in [0.15, 0.2) is 108 Å². The summed E-state index contributed by atoms with van der Waals surface area (Å²) in [6.07, 6.45) is 0.999. The van der Waals surface area contributed by atoms with Gasteiger partial charge in [0.05, 0.1) is 10.6 Å². The highest BCUT2D eigenvalue weighted by atomic mass is 32.2. The molecule has 7 nitrogen and oxygen atoms in total. The first-order valence-electron chi connectivity index (χ1n) is 16.3. The van der Waals surface area contributed by atoms with Gasteiger partial charge in [-0.05, 0) is 74.1 Å². The summed E-state index contributed by atoms with van der Waals surface area (Å²) in [7, 11) is -4.15. The van der Waals surface area contributed by atoms with Crippen molar-refractivity contribution in [2.75, 3.05) is 10.8 Å². The molecule has 2 amide bonds. The van der Waals surface area contributed by atoms with Crippen molar-refractivity contribution >= 4 is 27.5 Å². The van der Waals surface area contributed by atoms with Crippen molar-refractivity contribution in [3.8, 4) is 0 Å². The van der Waals surface area contributed by atoms with Crippen LogP contribution in [-0.2, 0) is 32.6 Å². The number of carbonyl (C=O) groups excluding carboxylic acids is 2. The molecule has 0 spiro atoms. The number of hydrogen-bond donors (Lipinski definition) is 1. The van der Waals surface area contributed by atoms with Gasteiger partial charge in [0.25, 0.3) is 10.0 Å². The third-order valence-corrected chi connectivity index (χ3v) is 10.3. The fraction of sp³-hybridized carbons (Fsp3) is 0.333. The van der Waals surface area contributed by atoms with Gasteiger partial charge < -0.3 is 10.2 Å². The molecule has 1 N–H and O–H groups in total. The average molecular weight is 654 g/mol. The summed E-state index contributed by atoms with van der Waals surface area (Å²) >= 11 is 0. The second-order valence-electron chi connectivity index (χ2n) is 12.6. The van der Waals surface area contributed by atoms with Crippen LogP contribution in [0.2, 0.25) is 0 Å². The lowest BCUT2D eigenvalue weighted by molar-refractivity contribution is -0.140. The van der Waals surface area contributed by atoms with E-state index in [1.54, 1.807) is 36.4 Å². The van der Waals surface area contributed by atoms with E-state index in [1.165, 1.54) is 9.21 Å². The Morgan fingerprint density at radius 3 is 1.87 bits per heavy atom.